The predicted molar refractivity (Wildman–Crippen MR) is 90.4 cm³/mol. The van der Waals surface area contributed by atoms with Gasteiger partial charge in [-0.1, -0.05) is 0 Å². The van der Waals surface area contributed by atoms with Crippen LogP contribution in [-0.4, -0.2) is 36.5 Å². The normalized spacial score (nSPS) is 10.5. The molecule has 0 atom stereocenters. The SMILES string of the molecule is COc1ccc(-c2ocnc2-c2cc(OC)c(O)c(OC)c2)cc1O. The molecule has 2 N–H and O–H groups in total. The molecule has 0 fully saturated rings. The molecule has 0 aliphatic rings. The second-order valence-electron chi connectivity index (χ2n) is 5.15. The summed E-state index contributed by atoms with van der Waals surface area (Å²) in [5, 5.41) is 20.0. The summed E-state index contributed by atoms with van der Waals surface area (Å²) in [6, 6.07) is 8.16. The first kappa shape index (κ1) is 16.5. The summed E-state index contributed by atoms with van der Waals surface area (Å²) in [5.74, 6) is 1.20. The van der Waals surface area contributed by atoms with E-state index in [4.69, 9.17) is 18.6 Å². The average molecular weight is 343 g/mol. The number of methoxy groups -OCH3 is 3. The molecular formula is C18H17NO6. The molecule has 1 heterocycles. The van der Waals surface area contributed by atoms with Crippen molar-refractivity contribution in [1.82, 2.24) is 4.98 Å². The van der Waals surface area contributed by atoms with E-state index in [0.29, 0.717) is 28.3 Å². The molecule has 7 nitrogen and oxygen atoms in total. The summed E-state index contributed by atoms with van der Waals surface area (Å²) in [4.78, 5) is 4.24. The number of hydrogen-bond donors (Lipinski definition) is 2. The van der Waals surface area contributed by atoms with Gasteiger partial charge in [-0.25, -0.2) is 4.98 Å². The van der Waals surface area contributed by atoms with Crippen molar-refractivity contribution < 1.29 is 28.8 Å². The van der Waals surface area contributed by atoms with Crippen LogP contribution in [0.1, 0.15) is 0 Å². The van der Waals surface area contributed by atoms with Gasteiger partial charge < -0.3 is 28.8 Å². The molecule has 25 heavy (non-hydrogen) atoms. The number of aromatic hydroxyl groups is 2. The maximum Gasteiger partial charge on any atom is 0.200 e. The lowest BCUT2D eigenvalue weighted by Crippen LogP contribution is -1.91. The zero-order valence-electron chi connectivity index (χ0n) is 13.9. The highest BCUT2D eigenvalue weighted by Crippen LogP contribution is 2.42. The number of hydrogen-bond acceptors (Lipinski definition) is 7. The van der Waals surface area contributed by atoms with Gasteiger partial charge in [-0.05, 0) is 30.3 Å². The number of benzene rings is 2. The van der Waals surface area contributed by atoms with Crippen LogP contribution in [0.4, 0.5) is 0 Å². The van der Waals surface area contributed by atoms with E-state index in [2.05, 4.69) is 4.98 Å². The zero-order chi connectivity index (χ0) is 18.0. The van der Waals surface area contributed by atoms with Crippen molar-refractivity contribution in [3.8, 4) is 51.3 Å². The van der Waals surface area contributed by atoms with Gasteiger partial charge in [0.05, 0.1) is 21.3 Å². The number of aromatic nitrogens is 1. The molecule has 0 saturated carbocycles. The lowest BCUT2D eigenvalue weighted by Gasteiger charge is -2.11. The molecule has 3 rings (SSSR count). The Hall–Kier alpha value is -3.35. The minimum atomic E-state index is -0.0964. The van der Waals surface area contributed by atoms with Crippen LogP contribution in [-0.2, 0) is 0 Å². The summed E-state index contributed by atoms with van der Waals surface area (Å²) in [6.07, 6.45) is 1.30. The Morgan fingerprint density at radius 1 is 0.840 bits per heavy atom. The van der Waals surface area contributed by atoms with Gasteiger partial charge in [0, 0.05) is 11.1 Å². The molecule has 0 saturated heterocycles. The van der Waals surface area contributed by atoms with Gasteiger partial charge in [-0.3, -0.25) is 0 Å². The maximum absolute atomic E-state index is 10.1. The fraction of sp³-hybridized carbons (Fsp3) is 0.167. The molecule has 1 aromatic heterocycles. The van der Waals surface area contributed by atoms with Crippen molar-refractivity contribution in [2.24, 2.45) is 0 Å². The third-order valence-electron chi connectivity index (χ3n) is 3.76. The van der Waals surface area contributed by atoms with Gasteiger partial charge in [-0.2, -0.15) is 0 Å². The van der Waals surface area contributed by atoms with Crippen LogP contribution in [0.5, 0.6) is 28.7 Å². The van der Waals surface area contributed by atoms with Gasteiger partial charge in [0.25, 0.3) is 0 Å². The van der Waals surface area contributed by atoms with Crippen LogP contribution < -0.4 is 14.2 Å². The minimum absolute atomic E-state index is 0.0109. The van der Waals surface area contributed by atoms with E-state index in [1.54, 1.807) is 24.3 Å². The number of nitrogens with zero attached hydrogens (tertiary/aromatic N) is 1. The van der Waals surface area contributed by atoms with Crippen molar-refractivity contribution in [3.63, 3.8) is 0 Å². The molecule has 0 aliphatic carbocycles. The van der Waals surface area contributed by atoms with Crippen molar-refractivity contribution in [1.29, 1.82) is 0 Å². The van der Waals surface area contributed by atoms with E-state index in [0.717, 1.165) is 0 Å². The largest absolute Gasteiger partial charge is 0.504 e. The Bertz CT molecular complexity index is 877. The van der Waals surface area contributed by atoms with E-state index in [1.165, 1.54) is 33.8 Å². The van der Waals surface area contributed by atoms with Gasteiger partial charge in [0.15, 0.2) is 35.2 Å². The number of rotatable bonds is 5. The molecule has 7 heteroatoms. The standard InChI is InChI=1S/C18H17NO6/c1-22-13-5-4-10(6-12(13)20)18-16(19-9-25-18)11-7-14(23-2)17(21)15(8-11)24-3/h4-9,20-21H,1-3H3. The molecule has 0 radical (unpaired) electrons. The quantitative estimate of drug-likeness (QED) is 0.733. The number of oxazole rings is 1. The maximum atomic E-state index is 10.1. The van der Waals surface area contributed by atoms with Gasteiger partial charge in [0.2, 0.25) is 5.75 Å². The first-order chi connectivity index (χ1) is 12.1. The van der Waals surface area contributed by atoms with Crippen molar-refractivity contribution in [2.45, 2.75) is 0 Å². The van der Waals surface area contributed by atoms with Crippen molar-refractivity contribution >= 4 is 0 Å². The van der Waals surface area contributed by atoms with E-state index < -0.39 is 0 Å². The van der Waals surface area contributed by atoms with E-state index >= 15 is 0 Å². The van der Waals surface area contributed by atoms with Crippen LogP contribution >= 0.6 is 0 Å². The third kappa shape index (κ3) is 2.91. The summed E-state index contributed by atoms with van der Waals surface area (Å²) < 4.78 is 20.9. The molecule has 0 spiro atoms. The Kier molecular flexibility index (Phi) is 4.38. The Balaban J connectivity index is 2.13. The number of phenolic OH excluding ortho intramolecular Hbond substituents is 2. The number of ether oxygens (including phenoxy) is 3. The molecule has 0 aliphatic heterocycles. The summed E-state index contributed by atoms with van der Waals surface area (Å²) >= 11 is 0. The van der Waals surface area contributed by atoms with Crippen molar-refractivity contribution in [3.05, 3.63) is 36.7 Å². The average Bonchev–Trinajstić information content (AvgIpc) is 3.11. The first-order valence-corrected chi connectivity index (χ1v) is 7.35. The Labute approximate surface area is 144 Å². The van der Waals surface area contributed by atoms with Gasteiger partial charge in [0.1, 0.15) is 5.69 Å². The molecule has 0 unspecified atom stereocenters. The second kappa shape index (κ2) is 6.64. The summed E-state index contributed by atoms with van der Waals surface area (Å²) in [5.41, 5.74) is 1.77. The van der Waals surface area contributed by atoms with E-state index in [1.807, 2.05) is 0 Å². The van der Waals surface area contributed by atoms with Crippen LogP contribution in [0.3, 0.4) is 0 Å². The third-order valence-corrected chi connectivity index (χ3v) is 3.76. The lowest BCUT2D eigenvalue weighted by molar-refractivity contribution is 0.340. The number of phenols is 2. The zero-order valence-corrected chi connectivity index (χ0v) is 13.9. The summed E-state index contributed by atoms with van der Waals surface area (Å²) in [6.45, 7) is 0. The van der Waals surface area contributed by atoms with Crippen LogP contribution in [0.2, 0.25) is 0 Å². The fourth-order valence-electron chi connectivity index (χ4n) is 2.52. The van der Waals surface area contributed by atoms with E-state index in [-0.39, 0.29) is 23.0 Å². The van der Waals surface area contributed by atoms with Crippen molar-refractivity contribution in [2.75, 3.05) is 21.3 Å². The monoisotopic (exact) mass is 343 g/mol. The lowest BCUT2D eigenvalue weighted by atomic mass is 10.0. The van der Waals surface area contributed by atoms with Crippen LogP contribution in [0.15, 0.2) is 41.1 Å². The molecular weight excluding hydrogens is 326 g/mol. The second-order valence-corrected chi connectivity index (χ2v) is 5.15. The Morgan fingerprint density at radius 3 is 2.04 bits per heavy atom. The highest BCUT2D eigenvalue weighted by Gasteiger charge is 2.19. The van der Waals surface area contributed by atoms with Gasteiger partial charge >= 0.3 is 0 Å². The molecule has 0 amide bonds. The molecule has 130 valence electrons. The molecule has 2 aromatic carbocycles. The molecule has 3 aromatic rings. The highest BCUT2D eigenvalue weighted by atomic mass is 16.5. The molecule has 0 bridgehead atoms. The van der Waals surface area contributed by atoms with Gasteiger partial charge in [-0.15, -0.1) is 0 Å². The topological polar surface area (TPSA) is 94.2 Å². The Morgan fingerprint density at radius 2 is 1.48 bits per heavy atom. The predicted octanol–water partition coefficient (Wildman–Crippen LogP) is 3.45. The van der Waals surface area contributed by atoms with Crippen LogP contribution in [0.25, 0.3) is 22.6 Å². The van der Waals surface area contributed by atoms with E-state index in [9.17, 15) is 10.2 Å². The highest BCUT2D eigenvalue weighted by molar-refractivity contribution is 5.80. The first-order valence-electron chi connectivity index (χ1n) is 7.35. The smallest absolute Gasteiger partial charge is 0.200 e. The summed E-state index contributed by atoms with van der Waals surface area (Å²) in [7, 11) is 4.37. The minimum Gasteiger partial charge on any atom is -0.504 e. The van der Waals surface area contributed by atoms with Crippen LogP contribution in [0, 0.1) is 0 Å². The fourth-order valence-corrected chi connectivity index (χ4v) is 2.52.